The topological polar surface area (TPSA) is 66.7 Å². The Balaban J connectivity index is 2.36. The summed E-state index contributed by atoms with van der Waals surface area (Å²) in [7, 11) is 1.97. The Morgan fingerprint density at radius 2 is 2.31 bits per heavy atom. The van der Waals surface area contributed by atoms with E-state index in [2.05, 4.69) is 34.3 Å². The number of nitrogens with two attached hydrogens (primary N) is 1. The van der Waals surface area contributed by atoms with E-state index in [1.54, 1.807) is 6.33 Å². The molecule has 2 atom stereocenters. The van der Waals surface area contributed by atoms with Crippen LogP contribution in [-0.4, -0.2) is 23.6 Å². The lowest BCUT2D eigenvalue weighted by molar-refractivity contribution is 0.420. The fraction of sp³-hybridized carbons (Fsp3) is 0.417. The summed E-state index contributed by atoms with van der Waals surface area (Å²) in [5, 5.41) is 3.31. The van der Waals surface area contributed by atoms with E-state index in [1.165, 1.54) is 5.56 Å². The first-order chi connectivity index (χ1) is 7.76. The zero-order chi connectivity index (χ0) is 11.5. The van der Waals surface area contributed by atoms with Gasteiger partial charge in [0.2, 0.25) is 0 Å². The van der Waals surface area contributed by atoms with Crippen LogP contribution in [0.25, 0.3) is 11.0 Å². The average Bonchev–Trinajstić information content (AvgIpc) is 2.77. The molecule has 0 radical (unpaired) electrons. The summed E-state index contributed by atoms with van der Waals surface area (Å²) in [6, 6.07) is 6.57. The van der Waals surface area contributed by atoms with E-state index in [0.717, 1.165) is 11.0 Å². The smallest absolute Gasteiger partial charge is 0.0931 e. The summed E-state index contributed by atoms with van der Waals surface area (Å²) < 4.78 is 0. The van der Waals surface area contributed by atoms with Crippen molar-refractivity contribution >= 4 is 11.0 Å². The molecule has 1 aromatic carbocycles. The van der Waals surface area contributed by atoms with Crippen molar-refractivity contribution in [3.8, 4) is 0 Å². The lowest BCUT2D eigenvalue weighted by atomic mass is 9.94. The van der Waals surface area contributed by atoms with Crippen LogP contribution in [0.1, 0.15) is 18.5 Å². The molecular weight excluding hydrogens is 200 g/mol. The lowest BCUT2D eigenvalue weighted by Crippen LogP contribution is -2.28. The van der Waals surface area contributed by atoms with Crippen molar-refractivity contribution in [3.05, 3.63) is 30.1 Å². The van der Waals surface area contributed by atoms with Crippen LogP contribution < -0.4 is 11.1 Å². The molecule has 1 aromatic heterocycles. The molecule has 86 valence electrons. The third-order valence-corrected chi connectivity index (χ3v) is 3.06. The van der Waals surface area contributed by atoms with Crippen molar-refractivity contribution in [3.63, 3.8) is 0 Å². The fourth-order valence-electron chi connectivity index (χ4n) is 2.06. The summed E-state index contributed by atoms with van der Waals surface area (Å²) >= 11 is 0. The summed E-state index contributed by atoms with van der Waals surface area (Å²) in [6.07, 6.45) is 1.72. The lowest BCUT2D eigenvalue weighted by Gasteiger charge is -2.22. The second-order valence-electron chi connectivity index (χ2n) is 4.16. The molecular formula is C12H18N4. The Kier molecular flexibility index (Phi) is 3.22. The van der Waals surface area contributed by atoms with E-state index < -0.39 is 0 Å². The molecule has 0 aliphatic carbocycles. The minimum absolute atomic E-state index is 0.290. The highest BCUT2D eigenvalue weighted by Crippen LogP contribution is 2.23. The molecule has 4 N–H and O–H groups in total. The number of hydrogen-bond acceptors (Lipinski definition) is 3. The number of aromatic amines is 1. The van der Waals surface area contributed by atoms with Gasteiger partial charge in [0.1, 0.15) is 0 Å². The van der Waals surface area contributed by atoms with Gasteiger partial charge in [-0.3, -0.25) is 0 Å². The van der Waals surface area contributed by atoms with Gasteiger partial charge in [-0.25, -0.2) is 4.98 Å². The van der Waals surface area contributed by atoms with Gasteiger partial charge in [0.15, 0.2) is 0 Å². The molecule has 2 rings (SSSR count). The van der Waals surface area contributed by atoms with Crippen molar-refractivity contribution in [2.75, 3.05) is 13.6 Å². The molecule has 4 nitrogen and oxygen atoms in total. The quantitative estimate of drug-likeness (QED) is 0.727. The highest BCUT2D eigenvalue weighted by atomic mass is 14.9. The molecule has 0 aliphatic rings. The molecule has 0 aliphatic heterocycles. The van der Waals surface area contributed by atoms with Crippen LogP contribution in [0.4, 0.5) is 0 Å². The number of nitrogens with one attached hydrogen (secondary N) is 2. The molecule has 0 saturated heterocycles. The monoisotopic (exact) mass is 218 g/mol. The van der Waals surface area contributed by atoms with Gasteiger partial charge in [-0.05, 0) is 37.2 Å². The first kappa shape index (κ1) is 11.1. The maximum atomic E-state index is 5.72. The van der Waals surface area contributed by atoms with E-state index in [1.807, 2.05) is 13.1 Å². The van der Waals surface area contributed by atoms with E-state index >= 15 is 0 Å². The number of H-pyrrole nitrogens is 1. The van der Waals surface area contributed by atoms with Crippen LogP contribution in [0.15, 0.2) is 24.5 Å². The molecule has 0 amide bonds. The van der Waals surface area contributed by atoms with Crippen molar-refractivity contribution in [1.82, 2.24) is 15.3 Å². The summed E-state index contributed by atoms with van der Waals surface area (Å²) in [4.78, 5) is 7.34. The number of nitrogens with zero attached hydrogens (tertiary/aromatic N) is 1. The Morgan fingerprint density at radius 3 is 3.00 bits per heavy atom. The zero-order valence-corrected chi connectivity index (χ0v) is 9.70. The molecule has 0 bridgehead atoms. The van der Waals surface area contributed by atoms with E-state index in [-0.39, 0.29) is 6.04 Å². The Hall–Kier alpha value is -1.39. The summed E-state index contributed by atoms with van der Waals surface area (Å²) in [5.41, 5.74) is 9.04. The number of imidazole rings is 1. The second-order valence-corrected chi connectivity index (χ2v) is 4.16. The van der Waals surface area contributed by atoms with Crippen LogP contribution in [0, 0.1) is 5.92 Å². The van der Waals surface area contributed by atoms with Gasteiger partial charge < -0.3 is 16.0 Å². The Bertz CT molecular complexity index is 463. The first-order valence-electron chi connectivity index (χ1n) is 5.56. The van der Waals surface area contributed by atoms with Crippen LogP contribution in [-0.2, 0) is 0 Å². The van der Waals surface area contributed by atoms with Crippen molar-refractivity contribution in [1.29, 1.82) is 0 Å². The number of aromatic nitrogens is 2. The van der Waals surface area contributed by atoms with Gasteiger partial charge in [0, 0.05) is 6.04 Å². The number of benzene rings is 1. The van der Waals surface area contributed by atoms with E-state index in [9.17, 15) is 0 Å². The summed E-state index contributed by atoms with van der Waals surface area (Å²) in [6.45, 7) is 2.82. The van der Waals surface area contributed by atoms with Gasteiger partial charge in [-0.2, -0.15) is 0 Å². The maximum Gasteiger partial charge on any atom is 0.0931 e. The van der Waals surface area contributed by atoms with Crippen LogP contribution >= 0.6 is 0 Å². The minimum atomic E-state index is 0.290. The predicted molar refractivity (Wildman–Crippen MR) is 66.1 cm³/mol. The number of hydrogen-bond donors (Lipinski definition) is 3. The second kappa shape index (κ2) is 4.63. The molecule has 16 heavy (non-hydrogen) atoms. The maximum absolute atomic E-state index is 5.72. The molecule has 2 aromatic rings. The highest BCUT2D eigenvalue weighted by Gasteiger charge is 2.16. The van der Waals surface area contributed by atoms with Gasteiger partial charge in [0.05, 0.1) is 17.4 Å². The average molecular weight is 218 g/mol. The van der Waals surface area contributed by atoms with Crippen molar-refractivity contribution < 1.29 is 0 Å². The molecule has 2 unspecified atom stereocenters. The van der Waals surface area contributed by atoms with Gasteiger partial charge in [-0.1, -0.05) is 13.0 Å². The van der Waals surface area contributed by atoms with Gasteiger partial charge in [-0.15, -0.1) is 0 Å². The highest BCUT2D eigenvalue weighted by molar-refractivity contribution is 5.75. The minimum Gasteiger partial charge on any atom is -0.345 e. The van der Waals surface area contributed by atoms with Crippen LogP contribution in [0.3, 0.4) is 0 Å². The summed E-state index contributed by atoms with van der Waals surface area (Å²) in [5.74, 6) is 0.408. The number of fused-ring (bicyclic) bond motifs is 1. The normalized spacial score (nSPS) is 15.2. The van der Waals surface area contributed by atoms with Crippen molar-refractivity contribution in [2.24, 2.45) is 11.7 Å². The Morgan fingerprint density at radius 1 is 1.50 bits per heavy atom. The van der Waals surface area contributed by atoms with Crippen LogP contribution in [0.2, 0.25) is 0 Å². The molecule has 0 spiro atoms. The third-order valence-electron chi connectivity index (χ3n) is 3.06. The van der Waals surface area contributed by atoms with Crippen LogP contribution in [0.5, 0.6) is 0 Å². The van der Waals surface area contributed by atoms with E-state index in [0.29, 0.717) is 12.5 Å². The van der Waals surface area contributed by atoms with E-state index in [4.69, 9.17) is 5.73 Å². The SMILES string of the molecule is CNC(c1ccc2nc[nH]c2c1)C(C)CN. The first-order valence-corrected chi connectivity index (χ1v) is 5.56. The molecule has 1 heterocycles. The predicted octanol–water partition coefficient (Wildman–Crippen LogP) is 1.42. The number of rotatable bonds is 4. The Labute approximate surface area is 95.3 Å². The zero-order valence-electron chi connectivity index (χ0n) is 9.70. The standard InChI is InChI=1S/C12H18N4/c1-8(6-13)12(14-2)9-3-4-10-11(5-9)16-7-15-10/h3-5,7-8,12,14H,6,13H2,1-2H3,(H,15,16). The van der Waals surface area contributed by atoms with Crippen molar-refractivity contribution in [2.45, 2.75) is 13.0 Å². The largest absolute Gasteiger partial charge is 0.345 e. The fourth-order valence-corrected chi connectivity index (χ4v) is 2.06. The van der Waals surface area contributed by atoms with Gasteiger partial charge >= 0.3 is 0 Å². The van der Waals surface area contributed by atoms with Gasteiger partial charge in [0.25, 0.3) is 0 Å². The third kappa shape index (κ3) is 1.94. The molecule has 0 saturated carbocycles. The molecule has 0 fully saturated rings. The molecule has 4 heteroatoms.